The molecule has 0 aliphatic carbocycles. The van der Waals surface area contributed by atoms with Crippen LogP contribution < -0.4 is 0 Å². The van der Waals surface area contributed by atoms with Gasteiger partial charge < -0.3 is 0 Å². The van der Waals surface area contributed by atoms with Crippen LogP contribution in [0.3, 0.4) is 0 Å². The highest BCUT2D eigenvalue weighted by Crippen LogP contribution is 2.13. The van der Waals surface area contributed by atoms with Gasteiger partial charge in [0.2, 0.25) is 0 Å². The summed E-state index contributed by atoms with van der Waals surface area (Å²) in [4.78, 5) is 0. The third-order valence-corrected chi connectivity index (χ3v) is 4.01. The summed E-state index contributed by atoms with van der Waals surface area (Å²) in [6.07, 6.45) is 9.66. The summed E-state index contributed by atoms with van der Waals surface area (Å²) in [6, 6.07) is 0. The second-order valence-electron chi connectivity index (χ2n) is 3.14. The van der Waals surface area contributed by atoms with Crippen molar-refractivity contribution in [2.75, 3.05) is 11.5 Å². The topological polar surface area (TPSA) is 0 Å². The van der Waals surface area contributed by atoms with Crippen molar-refractivity contribution >= 4 is 44.9 Å². The van der Waals surface area contributed by atoms with Crippen LogP contribution >= 0.6 is 44.9 Å². The standard InChI is InChI=1S/C9H20S4/c10-12-8-6-4-2-1-3-5-7-9-13-11/h10-11H,1-9H2. The van der Waals surface area contributed by atoms with Crippen LogP contribution in [0.15, 0.2) is 0 Å². The number of rotatable bonds is 10. The van der Waals surface area contributed by atoms with Gasteiger partial charge in [-0.3, -0.25) is 0 Å². The van der Waals surface area contributed by atoms with Gasteiger partial charge in [0.1, 0.15) is 0 Å². The highest BCUT2D eigenvalue weighted by molar-refractivity contribution is 8.68. The number of unbranched alkanes of at least 4 members (excludes halogenated alkanes) is 6. The third kappa shape index (κ3) is 13.4. The van der Waals surface area contributed by atoms with Gasteiger partial charge in [0.25, 0.3) is 0 Å². The van der Waals surface area contributed by atoms with E-state index in [0.29, 0.717) is 0 Å². The number of hydrogen-bond acceptors (Lipinski definition) is 4. The minimum atomic E-state index is 1.21. The molecule has 0 spiro atoms. The van der Waals surface area contributed by atoms with E-state index in [4.69, 9.17) is 0 Å². The van der Waals surface area contributed by atoms with E-state index in [-0.39, 0.29) is 0 Å². The fourth-order valence-electron chi connectivity index (χ4n) is 1.22. The lowest BCUT2D eigenvalue weighted by atomic mass is 10.1. The lowest BCUT2D eigenvalue weighted by molar-refractivity contribution is 0.606. The Kier molecular flexibility index (Phi) is 14.8. The average molecular weight is 257 g/mol. The van der Waals surface area contributed by atoms with Crippen molar-refractivity contribution in [3.05, 3.63) is 0 Å². The monoisotopic (exact) mass is 256 g/mol. The smallest absolute Gasteiger partial charge is 0.00345 e. The molecule has 0 N–H and O–H groups in total. The van der Waals surface area contributed by atoms with Crippen LogP contribution in [0.4, 0.5) is 0 Å². The lowest BCUT2D eigenvalue weighted by Crippen LogP contribution is -1.82. The van der Waals surface area contributed by atoms with E-state index in [1.54, 1.807) is 21.6 Å². The fraction of sp³-hybridized carbons (Fsp3) is 1.00. The zero-order valence-corrected chi connectivity index (χ0v) is 11.5. The van der Waals surface area contributed by atoms with E-state index < -0.39 is 0 Å². The molecule has 0 atom stereocenters. The van der Waals surface area contributed by atoms with E-state index in [9.17, 15) is 0 Å². The van der Waals surface area contributed by atoms with E-state index >= 15 is 0 Å². The van der Waals surface area contributed by atoms with Gasteiger partial charge in [0.05, 0.1) is 0 Å². The molecule has 4 heteroatoms. The van der Waals surface area contributed by atoms with Gasteiger partial charge in [0.15, 0.2) is 0 Å². The molecule has 80 valence electrons. The number of hydrogen-bond donors (Lipinski definition) is 2. The van der Waals surface area contributed by atoms with Crippen LogP contribution in [0.25, 0.3) is 0 Å². The van der Waals surface area contributed by atoms with Gasteiger partial charge in [-0.1, -0.05) is 53.7 Å². The van der Waals surface area contributed by atoms with Crippen LogP contribution in [-0.2, 0) is 0 Å². The van der Waals surface area contributed by atoms with Crippen molar-refractivity contribution in [3.63, 3.8) is 0 Å². The molecule has 0 nitrogen and oxygen atoms in total. The Morgan fingerprint density at radius 1 is 0.538 bits per heavy atom. The van der Waals surface area contributed by atoms with E-state index in [1.807, 2.05) is 0 Å². The van der Waals surface area contributed by atoms with Crippen LogP contribution in [0.2, 0.25) is 0 Å². The van der Waals surface area contributed by atoms with Crippen molar-refractivity contribution in [2.24, 2.45) is 0 Å². The quantitative estimate of drug-likeness (QED) is 0.325. The van der Waals surface area contributed by atoms with Gasteiger partial charge in [-0.15, -0.1) is 23.3 Å². The molecule has 0 rings (SSSR count). The highest BCUT2D eigenvalue weighted by Gasteiger charge is 1.91. The normalized spacial score (nSPS) is 10.6. The van der Waals surface area contributed by atoms with Gasteiger partial charge in [-0.05, 0) is 12.8 Å². The Bertz CT molecular complexity index is 77.7. The Labute approximate surface area is 101 Å². The maximum absolute atomic E-state index is 4.11. The van der Waals surface area contributed by atoms with Crippen molar-refractivity contribution in [3.8, 4) is 0 Å². The molecule has 0 aliphatic heterocycles. The summed E-state index contributed by atoms with van der Waals surface area (Å²) in [5, 5.41) is 0. The third-order valence-electron chi connectivity index (χ3n) is 1.97. The van der Waals surface area contributed by atoms with Gasteiger partial charge >= 0.3 is 0 Å². The van der Waals surface area contributed by atoms with Crippen LogP contribution in [0.5, 0.6) is 0 Å². The molecule has 0 aromatic rings. The zero-order valence-electron chi connectivity index (χ0n) is 8.07. The van der Waals surface area contributed by atoms with E-state index in [0.717, 1.165) is 0 Å². The van der Waals surface area contributed by atoms with Crippen LogP contribution in [0, 0.1) is 0 Å². The molecule has 0 aromatic carbocycles. The molecule has 0 amide bonds. The van der Waals surface area contributed by atoms with Crippen molar-refractivity contribution in [2.45, 2.75) is 44.9 Å². The van der Waals surface area contributed by atoms with Gasteiger partial charge in [-0.25, -0.2) is 0 Å². The molecule has 0 saturated heterocycles. The minimum absolute atomic E-state index is 1.21. The first-order valence-corrected chi connectivity index (χ1v) is 9.02. The molecular weight excluding hydrogens is 236 g/mol. The minimum Gasteiger partial charge on any atom is -0.111 e. The first kappa shape index (κ1) is 14.4. The molecule has 0 radical (unpaired) electrons. The van der Waals surface area contributed by atoms with Crippen LogP contribution in [-0.4, -0.2) is 11.5 Å². The molecule has 0 aliphatic rings. The van der Waals surface area contributed by atoms with Crippen molar-refractivity contribution in [1.29, 1.82) is 0 Å². The van der Waals surface area contributed by atoms with Gasteiger partial charge in [-0.2, -0.15) is 0 Å². The Balaban J connectivity index is 2.76. The maximum Gasteiger partial charge on any atom is 0.00345 e. The average Bonchev–Trinajstić information content (AvgIpc) is 2.16. The van der Waals surface area contributed by atoms with Crippen molar-refractivity contribution in [1.82, 2.24) is 0 Å². The molecule has 0 saturated carbocycles. The maximum atomic E-state index is 4.11. The van der Waals surface area contributed by atoms with Crippen molar-refractivity contribution < 1.29 is 0 Å². The second kappa shape index (κ2) is 13.4. The Hall–Kier alpha value is 1.40. The molecule has 0 aromatic heterocycles. The first-order valence-electron chi connectivity index (χ1n) is 4.94. The summed E-state index contributed by atoms with van der Waals surface area (Å²) < 4.78 is 0. The first-order chi connectivity index (χ1) is 6.41. The molecule has 13 heavy (non-hydrogen) atoms. The molecule has 0 fully saturated rings. The zero-order chi connectivity index (χ0) is 9.78. The predicted octanol–water partition coefficient (Wildman–Crippen LogP) is 4.87. The summed E-state index contributed by atoms with van der Waals surface area (Å²) >= 11 is 8.22. The molecule has 0 unspecified atom stereocenters. The summed E-state index contributed by atoms with van der Waals surface area (Å²) in [5.74, 6) is 2.42. The van der Waals surface area contributed by atoms with E-state index in [1.165, 1.54) is 56.5 Å². The Morgan fingerprint density at radius 2 is 0.846 bits per heavy atom. The summed E-state index contributed by atoms with van der Waals surface area (Å²) in [5.41, 5.74) is 0. The van der Waals surface area contributed by atoms with Crippen LogP contribution in [0.1, 0.15) is 44.9 Å². The lowest BCUT2D eigenvalue weighted by Gasteiger charge is -2.00. The predicted molar refractivity (Wildman–Crippen MR) is 75.2 cm³/mol. The largest absolute Gasteiger partial charge is 0.111 e. The molecule has 0 heterocycles. The van der Waals surface area contributed by atoms with Gasteiger partial charge in [0, 0.05) is 11.5 Å². The Morgan fingerprint density at radius 3 is 1.15 bits per heavy atom. The highest BCUT2D eigenvalue weighted by atomic mass is 33.1. The summed E-state index contributed by atoms with van der Waals surface area (Å²) in [7, 11) is 3.32. The number of thiol groups is 2. The molecule has 0 bridgehead atoms. The summed E-state index contributed by atoms with van der Waals surface area (Å²) in [6.45, 7) is 0. The molecular formula is C9H20S4. The van der Waals surface area contributed by atoms with E-state index in [2.05, 4.69) is 23.3 Å². The fourth-order valence-corrected chi connectivity index (χ4v) is 2.66. The SMILES string of the molecule is SSCCCCCCCCCSS. The second-order valence-corrected chi connectivity index (χ2v) is 6.02.